The molecule has 0 unspecified atom stereocenters. The Bertz CT molecular complexity index is 1060. The normalized spacial score (nSPS) is 16.1. The van der Waals surface area contributed by atoms with Crippen molar-refractivity contribution in [3.8, 4) is 11.3 Å². The minimum atomic E-state index is -2.56. The number of carbonyl (C=O) groups is 1. The highest BCUT2D eigenvalue weighted by molar-refractivity contribution is 6.01. The van der Waals surface area contributed by atoms with E-state index in [2.05, 4.69) is 25.6 Å². The van der Waals surface area contributed by atoms with E-state index in [0.717, 1.165) is 0 Å². The number of halogens is 3. The second-order valence-electron chi connectivity index (χ2n) is 6.43. The average molecular weight is 375 g/mol. The van der Waals surface area contributed by atoms with Gasteiger partial charge in [-0.05, 0) is 32.0 Å². The quantitative estimate of drug-likeness (QED) is 0.651. The molecule has 0 radical (unpaired) electrons. The van der Waals surface area contributed by atoms with E-state index in [9.17, 15) is 18.0 Å². The third-order valence-electron chi connectivity index (χ3n) is 4.53. The SMILES string of the molecule is Cc1nc2ccc(F)c(-c3cc4c([nH]3)[C@H](C)NC4=O)c2nc1NCC(F)F. The van der Waals surface area contributed by atoms with E-state index in [1.807, 2.05) is 6.92 Å². The summed E-state index contributed by atoms with van der Waals surface area (Å²) in [5.74, 6) is -0.616. The van der Waals surface area contributed by atoms with Gasteiger partial charge in [-0.3, -0.25) is 4.79 Å². The van der Waals surface area contributed by atoms with Crippen molar-refractivity contribution in [1.82, 2.24) is 20.3 Å². The van der Waals surface area contributed by atoms with Crippen LogP contribution in [-0.4, -0.2) is 33.8 Å². The van der Waals surface area contributed by atoms with Crippen LogP contribution in [0.5, 0.6) is 0 Å². The van der Waals surface area contributed by atoms with Crippen molar-refractivity contribution in [2.24, 2.45) is 0 Å². The van der Waals surface area contributed by atoms with Crippen molar-refractivity contribution in [2.45, 2.75) is 26.3 Å². The molecule has 1 amide bonds. The molecule has 140 valence electrons. The molecule has 27 heavy (non-hydrogen) atoms. The first kappa shape index (κ1) is 17.3. The number of H-pyrrole nitrogens is 1. The van der Waals surface area contributed by atoms with Gasteiger partial charge in [-0.2, -0.15) is 0 Å². The van der Waals surface area contributed by atoms with Gasteiger partial charge in [0.05, 0.1) is 46.3 Å². The van der Waals surface area contributed by atoms with Crippen LogP contribution in [0.2, 0.25) is 0 Å². The Morgan fingerprint density at radius 2 is 2.07 bits per heavy atom. The van der Waals surface area contributed by atoms with Crippen molar-refractivity contribution in [3.63, 3.8) is 0 Å². The van der Waals surface area contributed by atoms with Crippen LogP contribution in [0.15, 0.2) is 18.2 Å². The van der Waals surface area contributed by atoms with Crippen LogP contribution in [0, 0.1) is 12.7 Å². The molecule has 9 heteroatoms. The molecule has 0 saturated heterocycles. The summed E-state index contributed by atoms with van der Waals surface area (Å²) in [6.07, 6.45) is -2.56. The van der Waals surface area contributed by atoms with Crippen LogP contribution >= 0.6 is 0 Å². The molecule has 1 aliphatic rings. The van der Waals surface area contributed by atoms with Gasteiger partial charge in [-0.25, -0.2) is 23.1 Å². The number of nitrogens with one attached hydrogen (secondary N) is 3. The number of benzene rings is 1. The average Bonchev–Trinajstić information content (AvgIpc) is 3.15. The zero-order valence-electron chi connectivity index (χ0n) is 14.5. The van der Waals surface area contributed by atoms with Gasteiger partial charge in [0.1, 0.15) is 17.2 Å². The number of rotatable bonds is 4. The van der Waals surface area contributed by atoms with Crippen LogP contribution in [0.4, 0.5) is 19.0 Å². The summed E-state index contributed by atoms with van der Waals surface area (Å²) in [7, 11) is 0. The third-order valence-corrected chi connectivity index (χ3v) is 4.53. The molecule has 3 heterocycles. The Morgan fingerprint density at radius 1 is 1.30 bits per heavy atom. The van der Waals surface area contributed by atoms with Gasteiger partial charge in [0.15, 0.2) is 0 Å². The maximum absolute atomic E-state index is 14.7. The molecule has 1 aromatic carbocycles. The maximum Gasteiger partial charge on any atom is 0.255 e. The smallest absolute Gasteiger partial charge is 0.255 e. The minimum absolute atomic E-state index is 0.148. The minimum Gasteiger partial charge on any atom is -0.363 e. The molecule has 0 bridgehead atoms. The number of aromatic amines is 1. The molecular weight excluding hydrogens is 359 g/mol. The Kier molecular flexibility index (Phi) is 4.01. The molecule has 2 aromatic heterocycles. The predicted octanol–water partition coefficient (Wildman–Crippen LogP) is 3.55. The molecule has 4 rings (SSSR count). The van der Waals surface area contributed by atoms with E-state index < -0.39 is 18.8 Å². The largest absolute Gasteiger partial charge is 0.363 e. The standard InChI is InChI=1S/C18H16F3N5O/c1-7-15-9(18(27)24-7)5-12(25-15)14-10(19)3-4-11-16(14)26-17(8(2)23-11)22-6-13(20)21/h3-5,7,13,25H,6H2,1-2H3,(H,22,26)(H,24,27)/t7-/m0/s1. The Balaban J connectivity index is 1.88. The van der Waals surface area contributed by atoms with Crippen molar-refractivity contribution in [1.29, 1.82) is 0 Å². The molecule has 0 aliphatic carbocycles. The van der Waals surface area contributed by atoms with E-state index in [1.54, 1.807) is 13.0 Å². The van der Waals surface area contributed by atoms with E-state index >= 15 is 0 Å². The summed E-state index contributed by atoms with van der Waals surface area (Å²) in [6.45, 7) is 2.87. The lowest BCUT2D eigenvalue weighted by atomic mass is 10.1. The van der Waals surface area contributed by atoms with Crippen molar-refractivity contribution < 1.29 is 18.0 Å². The topological polar surface area (TPSA) is 82.7 Å². The summed E-state index contributed by atoms with van der Waals surface area (Å²) in [5, 5.41) is 5.30. The van der Waals surface area contributed by atoms with Crippen molar-refractivity contribution in [2.75, 3.05) is 11.9 Å². The number of anilines is 1. The molecule has 0 fully saturated rings. The molecule has 3 N–H and O–H groups in total. The zero-order chi connectivity index (χ0) is 19.3. The lowest BCUT2D eigenvalue weighted by Crippen LogP contribution is -2.17. The molecule has 0 saturated carbocycles. The fourth-order valence-electron chi connectivity index (χ4n) is 3.26. The fourth-order valence-corrected chi connectivity index (χ4v) is 3.26. The van der Waals surface area contributed by atoms with Crippen LogP contribution < -0.4 is 10.6 Å². The van der Waals surface area contributed by atoms with Crippen LogP contribution in [0.1, 0.15) is 34.7 Å². The van der Waals surface area contributed by atoms with Crippen molar-refractivity contribution in [3.05, 3.63) is 41.0 Å². The van der Waals surface area contributed by atoms with Crippen molar-refractivity contribution >= 4 is 22.8 Å². The van der Waals surface area contributed by atoms with Gasteiger partial charge in [0.25, 0.3) is 12.3 Å². The number of amides is 1. The van der Waals surface area contributed by atoms with Gasteiger partial charge in [0.2, 0.25) is 0 Å². The number of hydrogen-bond acceptors (Lipinski definition) is 4. The number of hydrogen-bond donors (Lipinski definition) is 3. The van der Waals surface area contributed by atoms with Crippen LogP contribution in [0.25, 0.3) is 22.3 Å². The molecular formula is C18H16F3N5O. The number of carbonyl (C=O) groups excluding carboxylic acids is 1. The molecule has 0 spiro atoms. The molecule has 1 aliphatic heterocycles. The van der Waals surface area contributed by atoms with Gasteiger partial charge in [-0.15, -0.1) is 0 Å². The highest BCUT2D eigenvalue weighted by Crippen LogP contribution is 2.34. The first-order valence-electron chi connectivity index (χ1n) is 8.38. The predicted molar refractivity (Wildman–Crippen MR) is 94.4 cm³/mol. The van der Waals surface area contributed by atoms with Gasteiger partial charge in [-0.1, -0.05) is 0 Å². The van der Waals surface area contributed by atoms with E-state index in [4.69, 9.17) is 0 Å². The summed E-state index contributed by atoms with van der Waals surface area (Å²) in [4.78, 5) is 23.7. The second kappa shape index (κ2) is 6.26. The summed E-state index contributed by atoms with van der Waals surface area (Å²) < 4.78 is 39.7. The Morgan fingerprint density at radius 3 is 2.78 bits per heavy atom. The number of fused-ring (bicyclic) bond motifs is 2. The van der Waals surface area contributed by atoms with E-state index in [1.165, 1.54) is 12.1 Å². The lowest BCUT2D eigenvalue weighted by molar-refractivity contribution is 0.0958. The zero-order valence-corrected chi connectivity index (χ0v) is 14.5. The highest BCUT2D eigenvalue weighted by atomic mass is 19.3. The van der Waals surface area contributed by atoms with Crippen LogP contribution in [0.3, 0.4) is 0 Å². The Labute approximate surface area is 152 Å². The molecule has 3 aromatic rings. The van der Waals surface area contributed by atoms with Gasteiger partial charge < -0.3 is 15.6 Å². The summed E-state index contributed by atoms with van der Waals surface area (Å²) in [5.41, 5.74) is 2.75. The third kappa shape index (κ3) is 2.88. The lowest BCUT2D eigenvalue weighted by Gasteiger charge is -2.12. The summed E-state index contributed by atoms with van der Waals surface area (Å²) >= 11 is 0. The van der Waals surface area contributed by atoms with Crippen LogP contribution in [-0.2, 0) is 0 Å². The maximum atomic E-state index is 14.7. The Hall–Kier alpha value is -3.10. The van der Waals surface area contributed by atoms with E-state index in [-0.39, 0.29) is 28.8 Å². The first-order valence-corrected chi connectivity index (χ1v) is 8.38. The molecule has 1 atom stereocenters. The number of alkyl halides is 2. The number of nitrogens with zero attached hydrogens (tertiary/aromatic N) is 2. The van der Waals surface area contributed by atoms with E-state index in [0.29, 0.717) is 28.2 Å². The number of aromatic nitrogens is 3. The second-order valence-corrected chi connectivity index (χ2v) is 6.43. The first-order chi connectivity index (χ1) is 12.8. The van der Waals surface area contributed by atoms with Gasteiger partial charge in [0, 0.05) is 0 Å². The summed E-state index contributed by atoms with van der Waals surface area (Å²) in [6, 6.07) is 4.11. The molecule has 6 nitrogen and oxygen atoms in total. The number of aryl methyl sites for hydroxylation is 1. The fraction of sp³-hybridized carbons (Fsp3) is 0.278. The van der Waals surface area contributed by atoms with Gasteiger partial charge >= 0.3 is 0 Å². The highest BCUT2D eigenvalue weighted by Gasteiger charge is 2.29. The monoisotopic (exact) mass is 375 g/mol.